The Bertz CT molecular complexity index is 1720. The monoisotopic (exact) mass is 621 g/mol. The molecule has 4 heterocycles. The maximum Gasteiger partial charge on any atom is 0.337 e. The summed E-state index contributed by atoms with van der Waals surface area (Å²) >= 11 is 6.33. The van der Waals surface area contributed by atoms with Crippen LogP contribution in [0, 0.1) is 0 Å². The SMILES string of the molecule is CCNC(=O)Nc1ncnc2c1ncn2C1OC(CC(=O)N(C)c2c(Cl)cccc2C(=O)O)C2O[C@H](c3ccccc3)OC21. The minimum atomic E-state index is -1.22. The average Bonchev–Trinajstić information content (AvgIpc) is 3.72. The third kappa shape index (κ3) is 5.43. The number of carboxylic acid groups (broad SMARTS) is 1. The van der Waals surface area contributed by atoms with Crippen molar-refractivity contribution < 1.29 is 33.7 Å². The molecule has 0 spiro atoms. The van der Waals surface area contributed by atoms with Gasteiger partial charge in [-0.1, -0.05) is 48.0 Å². The second-order valence-electron chi connectivity index (χ2n) is 10.1. The van der Waals surface area contributed by atoms with Gasteiger partial charge in [0.2, 0.25) is 5.91 Å². The summed E-state index contributed by atoms with van der Waals surface area (Å²) in [7, 11) is 1.46. The number of fused-ring (bicyclic) bond motifs is 2. The summed E-state index contributed by atoms with van der Waals surface area (Å²) in [5.41, 5.74) is 1.46. The number of para-hydroxylation sites is 1. The lowest BCUT2D eigenvalue weighted by Crippen LogP contribution is -2.36. The van der Waals surface area contributed by atoms with E-state index in [-0.39, 0.29) is 28.5 Å². The summed E-state index contributed by atoms with van der Waals surface area (Å²) in [6.07, 6.45) is -1.06. The minimum absolute atomic E-state index is 0.0768. The number of hydrogen-bond acceptors (Lipinski definition) is 9. The molecule has 4 aromatic rings. The van der Waals surface area contributed by atoms with Crippen LogP contribution in [0.15, 0.2) is 61.2 Å². The summed E-state index contributed by atoms with van der Waals surface area (Å²) in [6, 6.07) is 13.3. The largest absolute Gasteiger partial charge is 0.478 e. The lowest BCUT2D eigenvalue weighted by atomic mass is 10.1. The third-order valence-electron chi connectivity index (χ3n) is 7.42. The smallest absolute Gasteiger partial charge is 0.337 e. The van der Waals surface area contributed by atoms with Crippen LogP contribution in [0.5, 0.6) is 0 Å². The number of carbonyl (C=O) groups excluding carboxylic acids is 2. The predicted molar refractivity (Wildman–Crippen MR) is 157 cm³/mol. The number of halogens is 1. The standard InChI is InChI=1S/C29H28ClN7O7/c1-3-31-29(41)35-24-20-25(33-13-32-24)37(14-34-20)26-23-22(43-28(44-23)15-8-5-4-6-9-15)18(42-26)12-19(38)36(2)21-16(27(39)40)10-7-11-17(21)30/h4-11,13-14,18,22-23,26,28H,3,12H2,1-2H3,(H,39,40)(H2,31,32,33,35,41)/t18?,22?,23?,26?,28-/m0/s1. The van der Waals surface area contributed by atoms with Gasteiger partial charge in [-0.15, -0.1) is 0 Å². The van der Waals surface area contributed by atoms with Crippen molar-refractivity contribution in [2.45, 2.75) is 44.2 Å². The number of amides is 3. The Kier molecular flexibility index (Phi) is 8.14. The van der Waals surface area contributed by atoms with Crippen molar-refractivity contribution in [1.82, 2.24) is 24.8 Å². The molecular weight excluding hydrogens is 594 g/mol. The molecular formula is C29H28ClN7O7. The number of nitrogens with one attached hydrogen (secondary N) is 2. The normalized spacial score (nSPS) is 22.5. The van der Waals surface area contributed by atoms with Gasteiger partial charge < -0.3 is 29.5 Å². The van der Waals surface area contributed by atoms with Crippen LogP contribution in [0.25, 0.3) is 11.2 Å². The van der Waals surface area contributed by atoms with Gasteiger partial charge in [-0.2, -0.15) is 0 Å². The molecule has 0 bridgehead atoms. The van der Waals surface area contributed by atoms with Crippen LogP contribution in [0.2, 0.25) is 5.02 Å². The molecule has 228 valence electrons. The second-order valence-corrected chi connectivity index (χ2v) is 10.5. The van der Waals surface area contributed by atoms with E-state index in [0.717, 1.165) is 5.56 Å². The highest BCUT2D eigenvalue weighted by molar-refractivity contribution is 6.34. The molecule has 0 saturated carbocycles. The molecule has 3 N–H and O–H groups in total. The number of imidazole rings is 1. The Morgan fingerprint density at radius 2 is 1.80 bits per heavy atom. The molecule has 14 nitrogen and oxygen atoms in total. The van der Waals surface area contributed by atoms with Gasteiger partial charge >= 0.3 is 12.0 Å². The molecule has 2 aromatic heterocycles. The van der Waals surface area contributed by atoms with Crippen LogP contribution < -0.4 is 15.5 Å². The van der Waals surface area contributed by atoms with Crippen LogP contribution in [-0.2, 0) is 19.0 Å². The Balaban J connectivity index is 1.31. The first-order valence-electron chi connectivity index (χ1n) is 13.8. The van der Waals surface area contributed by atoms with Crippen LogP contribution in [0.1, 0.15) is 41.8 Å². The highest BCUT2D eigenvalue weighted by Crippen LogP contribution is 2.46. The summed E-state index contributed by atoms with van der Waals surface area (Å²) in [5, 5.41) is 15.1. The van der Waals surface area contributed by atoms with E-state index < -0.39 is 48.7 Å². The third-order valence-corrected chi connectivity index (χ3v) is 7.73. The van der Waals surface area contributed by atoms with E-state index in [9.17, 15) is 19.5 Å². The van der Waals surface area contributed by atoms with Gasteiger partial charge in [0.25, 0.3) is 0 Å². The Hall–Kier alpha value is -4.63. The van der Waals surface area contributed by atoms with Crippen molar-refractivity contribution in [2.75, 3.05) is 23.8 Å². The number of aromatic carboxylic acids is 1. The van der Waals surface area contributed by atoms with Gasteiger partial charge in [-0.3, -0.25) is 14.7 Å². The zero-order valence-electron chi connectivity index (χ0n) is 23.6. The Labute approximate surface area is 255 Å². The number of urea groups is 1. The second kappa shape index (κ2) is 12.2. The molecule has 2 aromatic carbocycles. The van der Waals surface area contributed by atoms with Gasteiger partial charge in [0.15, 0.2) is 29.5 Å². The number of rotatable bonds is 8. The van der Waals surface area contributed by atoms with Gasteiger partial charge in [0.05, 0.1) is 35.1 Å². The summed E-state index contributed by atoms with van der Waals surface area (Å²) in [4.78, 5) is 51.8. The van der Waals surface area contributed by atoms with Crippen molar-refractivity contribution in [2.24, 2.45) is 0 Å². The first kappa shape index (κ1) is 29.4. The zero-order chi connectivity index (χ0) is 31.0. The van der Waals surface area contributed by atoms with E-state index in [1.807, 2.05) is 30.3 Å². The van der Waals surface area contributed by atoms with E-state index in [0.29, 0.717) is 17.7 Å². The van der Waals surface area contributed by atoms with E-state index >= 15 is 0 Å². The maximum atomic E-state index is 13.6. The fourth-order valence-corrected chi connectivity index (χ4v) is 5.70. The fraction of sp³-hybridized carbons (Fsp3) is 0.310. The fourth-order valence-electron chi connectivity index (χ4n) is 5.39. The van der Waals surface area contributed by atoms with E-state index in [1.165, 1.54) is 42.8 Å². The quantitative estimate of drug-likeness (QED) is 0.263. The molecule has 15 heteroatoms. The molecule has 2 saturated heterocycles. The van der Waals surface area contributed by atoms with Gasteiger partial charge in [0.1, 0.15) is 18.5 Å². The Morgan fingerprint density at radius 3 is 2.55 bits per heavy atom. The van der Waals surface area contributed by atoms with Gasteiger partial charge in [0, 0.05) is 19.2 Å². The molecule has 6 rings (SSSR count). The zero-order valence-corrected chi connectivity index (χ0v) is 24.3. The van der Waals surface area contributed by atoms with Crippen molar-refractivity contribution in [3.05, 3.63) is 77.3 Å². The van der Waals surface area contributed by atoms with Crippen molar-refractivity contribution in [1.29, 1.82) is 0 Å². The number of carboxylic acids is 1. The van der Waals surface area contributed by atoms with E-state index in [4.69, 9.17) is 25.8 Å². The first-order chi connectivity index (χ1) is 21.3. The van der Waals surface area contributed by atoms with Crippen molar-refractivity contribution in [3.63, 3.8) is 0 Å². The van der Waals surface area contributed by atoms with Crippen molar-refractivity contribution >= 4 is 52.2 Å². The summed E-state index contributed by atoms with van der Waals surface area (Å²) in [5.74, 6) is -1.45. The maximum absolute atomic E-state index is 13.6. The van der Waals surface area contributed by atoms with E-state index in [2.05, 4.69) is 25.6 Å². The molecule has 0 radical (unpaired) electrons. The van der Waals surface area contributed by atoms with Crippen LogP contribution in [-0.4, -0.2) is 74.4 Å². The number of hydrogen-bond donors (Lipinski definition) is 3. The number of anilines is 2. The Morgan fingerprint density at radius 1 is 1.02 bits per heavy atom. The van der Waals surface area contributed by atoms with Crippen LogP contribution in [0.4, 0.5) is 16.3 Å². The van der Waals surface area contributed by atoms with Crippen LogP contribution in [0.3, 0.4) is 0 Å². The number of nitrogens with zero attached hydrogens (tertiary/aromatic N) is 5. The highest BCUT2D eigenvalue weighted by Gasteiger charge is 2.54. The molecule has 4 unspecified atom stereocenters. The highest BCUT2D eigenvalue weighted by atomic mass is 35.5. The molecule has 2 aliphatic rings. The predicted octanol–water partition coefficient (Wildman–Crippen LogP) is 3.75. The van der Waals surface area contributed by atoms with Crippen LogP contribution >= 0.6 is 11.6 Å². The van der Waals surface area contributed by atoms with E-state index in [1.54, 1.807) is 11.5 Å². The number of ether oxygens (including phenoxy) is 3. The average molecular weight is 622 g/mol. The van der Waals surface area contributed by atoms with Gasteiger partial charge in [-0.25, -0.2) is 24.5 Å². The summed E-state index contributed by atoms with van der Waals surface area (Å²) < 4.78 is 20.8. The first-order valence-corrected chi connectivity index (χ1v) is 14.2. The van der Waals surface area contributed by atoms with Gasteiger partial charge in [-0.05, 0) is 19.1 Å². The number of benzene rings is 2. The summed E-state index contributed by atoms with van der Waals surface area (Å²) in [6.45, 7) is 2.22. The van der Waals surface area contributed by atoms with Crippen molar-refractivity contribution in [3.8, 4) is 0 Å². The number of carbonyl (C=O) groups is 3. The molecule has 44 heavy (non-hydrogen) atoms. The lowest BCUT2D eigenvalue weighted by Gasteiger charge is -2.24. The number of aromatic nitrogens is 4. The minimum Gasteiger partial charge on any atom is -0.478 e. The molecule has 2 fully saturated rings. The molecule has 0 aliphatic carbocycles. The molecule has 3 amide bonds. The molecule has 5 atom stereocenters. The lowest BCUT2D eigenvalue weighted by molar-refractivity contribution is -0.152. The topological polar surface area (TPSA) is 170 Å². The molecule has 2 aliphatic heterocycles.